The van der Waals surface area contributed by atoms with E-state index in [1.165, 1.54) is 17.2 Å². The summed E-state index contributed by atoms with van der Waals surface area (Å²) in [6.07, 6.45) is 2.92. The van der Waals surface area contributed by atoms with Crippen LogP contribution in [0.3, 0.4) is 0 Å². The molecule has 8 heteroatoms. The number of hydrogen-bond donors (Lipinski definition) is 2. The molecule has 1 aliphatic heterocycles. The zero-order chi connectivity index (χ0) is 21.2. The Bertz CT molecular complexity index is 798. The molecule has 2 aromatic rings. The summed E-state index contributed by atoms with van der Waals surface area (Å²) in [5, 5.41) is 0. The van der Waals surface area contributed by atoms with Gasteiger partial charge in [-0.05, 0) is 55.7 Å². The Labute approximate surface area is 188 Å². The number of ether oxygens (including phenoxy) is 2. The summed E-state index contributed by atoms with van der Waals surface area (Å²) in [6, 6.07) is 14.9. The Morgan fingerprint density at radius 2 is 1.67 bits per heavy atom. The third-order valence-corrected chi connectivity index (χ3v) is 6.18. The van der Waals surface area contributed by atoms with Crippen molar-refractivity contribution in [3.63, 3.8) is 0 Å². The number of rotatable bonds is 10. The van der Waals surface area contributed by atoms with Gasteiger partial charge in [-0.3, -0.25) is 0 Å². The van der Waals surface area contributed by atoms with Gasteiger partial charge in [-0.15, -0.1) is 0 Å². The van der Waals surface area contributed by atoms with Crippen LogP contribution in [0.1, 0.15) is 19.3 Å². The number of thioether (sulfide) groups is 1. The van der Waals surface area contributed by atoms with E-state index in [1.807, 2.05) is 17.8 Å². The lowest BCUT2D eigenvalue weighted by Gasteiger charge is -2.28. The zero-order valence-electron chi connectivity index (χ0n) is 17.0. The minimum atomic E-state index is -0.629. The molecule has 30 heavy (non-hydrogen) atoms. The van der Waals surface area contributed by atoms with Gasteiger partial charge in [-0.25, -0.2) is 9.10 Å². The third kappa shape index (κ3) is 6.95. The third-order valence-electron chi connectivity index (χ3n) is 4.81. The summed E-state index contributed by atoms with van der Waals surface area (Å²) >= 11 is 6.08. The highest BCUT2D eigenvalue weighted by Gasteiger charge is 2.11. The maximum atomic E-state index is 11.2. The van der Waals surface area contributed by atoms with Crippen LogP contribution in [-0.2, 0) is 0 Å². The minimum Gasteiger partial charge on any atom is -0.494 e. The molecule has 1 heterocycles. The number of urea groups is 1. The summed E-state index contributed by atoms with van der Waals surface area (Å²) in [4.78, 5) is 13.6. The maximum Gasteiger partial charge on any atom is 0.329 e. The molecule has 2 N–H and O–H groups in total. The summed E-state index contributed by atoms with van der Waals surface area (Å²) < 4.78 is 12.7. The van der Waals surface area contributed by atoms with Crippen molar-refractivity contribution in [2.45, 2.75) is 19.3 Å². The van der Waals surface area contributed by atoms with Gasteiger partial charge in [0.2, 0.25) is 0 Å². The Morgan fingerprint density at radius 3 is 2.33 bits per heavy atom. The van der Waals surface area contributed by atoms with E-state index < -0.39 is 6.03 Å². The van der Waals surface area contributed by atoms with Crippen molar-refractivity contribution in [1.82, 2.24) is 0 Å². The van der Waals surface area contributed by atoms with E-state index in [0.717, 1.165) is 42.4 Å². The van der Waals surface area contributed by atoms with E-state index in [2.05, 4.69) is 42.0 Å². The smallest absolute Gasteiger partial charge is 0.329 e. The van der Waals surface area contributed by atoms with Crippen LogP contribution in [0.15, 0.2) is 48.5 Å². The average Bonchev–Trinajstić information content (AvgIpc) is 2.79. The van der Waals surface area contributed by atoms with Gasteiger partial charge in [0.05, 0.1) is 18.9 Å². The number of unbranched alkanes of at least 4 members (excludes halogenated alkanes) is 2. The number of carbonyl (C=O) groups is 1. The SMILES string of the molecule is NC(=O)N(S)c1cccc(OCCCCCOc2ccc(N3CCSCC3)cc2)c1. The largest absolute Gasteiger partial charge is 0.494 e. The molecule has 2 aromatic carbocycles. The monoisotopic (exact) mass is 447 g/mol. The number of thiol groups is 1. The molecule has 2 amide bonds. The van der Waals surface area contributed by atoms with Crippen molar-refractivity contribution >= 4 is 42.0 Å². The van der Waals surface area contributed by atoms with Crippen molar-refractivity contribution < 1.29 is 14.3 Å². The first-order chi connectivity index (χ1) is 14.6. The summed E-state index contributed by atoms with van der Waals surface area (Å²) in [7, 11) is 0. The summed E-state index contributed by atoms with van der Waals surface area (Å²) in [5.41, 5.74) is 7.09. The van der Waals surface area contributed by atoms with Crippen molar-refractivity contribution in [3.8, 4) is 11.5 Å². The van der Waals surface area contributed by atoms with Crippen LogP contribution in [0, 0.1) is 0 Å². The van der Waals surface area contributed by atoms with Crippen LogP contribution < -0.4 is 24.4 Å². The Kier molecular flexibility index (Phi) is 8.89. The molecule has 0 bridgehead atoms. The fourth-order valence-corrected chi connectivity index (χ4v) is 4.20. The number of amides is 2. The Morgan fingerprint density at radius 1 is 1.00 bits per heavy atom. The molecule has 3 rings (SSSR count). The van der Waals surface area contributed by atoms with Crippen LogP contribution in [0.4, 0.5) is 16.2 Å². The van der Waals surface area contributed by atoms with E-state index in [1.54, 1.807) is 18.2 Å². The van der Waals surface area contributed by atoms with Gasteiger partial charge in [0, 0.05) is 36.3 Å². The predicted molar refractivity (Wildman–Crippen MR) is 128 cm³/mol. The van der Waals surface area contributed by atoms with Crippen LogP contribution in [0.25, 0.3) is 0 Å². The highest BCUT2D eigenvalue weighted by atomic mass is 32.2. The van der Waals surface area contributed by atoms with Crippen LogP contribution in [0.5, 0.6) is 11.5 Å². The highest BCUT2D eigenvalue weighted by molar-refractivity contribution is 7.99. The zero-order valence-corrected chi connectivity index (χ0v) is 18.7. The average molecular weight is 448 g/mol. The van der Waals surface area contributed by atoms with Gasteiger partial charge in [-0.1, -0.05) is 18.9 Å². The standard InChI is InChI=1S/C22H29N3O3S2/c23-22(26)25(29)19-5-4-6-21(17-19)28-14-3-1-2-13-27-20-9-7-18(8-10-20)24-11-15-30-16-12-24/h4-10,17,29H,1-3,11-16H2,(H2,23,26). The summed E-state index contributed by atoms with van der Waals surface area (Å²) in [5.74, 6) is 4.02. The van der Waals surface area contributed by atoms with Gasteiger partial charge in [-0.2, -0.15) is 11.8 Å². The second-order valence-corrected chi connectivity index (χ2v) is 8.62. The van der Waals surface area contributed by atoms with Gasteiger partial charge < -0.3 is 20.1 Å². The molecular weight excluding hydrogens is 418 g/mol. The van der Waals surface area contributed by atoms with Crippen molar-refractivity contribution in [1.29, 1.82) is 0 Å². The molecule has 0 unspecified atom stereocenters. The van der Waals surface area contributed by atoms with E-state index in [4.69, 9.17) is 15.2 Å². The number of benzene rings is 2. The molecule has 0 atom stereocenters. The van der Waals surface area contributed by atoms with E-state index in [9.17, 15) is 4.79 Å². The molecule has 0 saturated carbocycles. The molecule has 1 aliphatic rings. The molecule has 0 aliphatic carbocycles. The van der Waals surface area contributed by atoms with Gasteiger partial charge in [0.1, 0.15) is 11.5 Å². The number of carbonyl (C=O) groups excluding carboxylic acids is 1. The fourth-order valence-electron chi connectivity index (χ4n) is 3.17. The molecule has 6 nitrogen and oxygen atoms in total. The lowest BCUT2D eigenvalue weighted by molar-refractivity contribution is 0.257. The topological polar surface area (TPSA) is 68.0 Å². The van der Waals surface area contributed by atoms with Crippen LogP contribution in [-0.4, -0.2) is 43.8 Å². The molecule has 0 spiro atoms. The fraction of sp³-hybridized carbons (Fsp3) is 0.409. The predicted octanol–water partition coefficient (Wildman–Crippen LogP) is 4.60. The van der Waals surface area contributed by atoms with Crippen LogP contribution in [0.2, 0.25) is 0 Å². The van der Waals surface area contributed by atoms with E-state index >= 15 is 0 Å². The molecule has 0 aromatic heterocycles. The number of hydrogen-bond acceptors (Lipinski definition) is 6. The quantitative estimate of drug-likeness (QED) is 0.412. The second-order valence-electron chi connectivity index (χ2n) is 7.00. The first kappa shape index (κ1) is 22.5. The molecule has 0 radical (unpaired) electrons. The van der Waals surface area contributed by atoms with E-state index in [-0.39, 0.29) is 0 Å². The highest BCUT2D eigenvalue weighted by Crippen LogP contribution is 2.24. The van der Waals surface area contributed by atoms with Gasteiger partial charge in [0.25, 0.3) is 0 Å². The first-order valence-electron chi connectivity index (χ1n) is 10.2. The van der Waals surface area contributed by atoms with E-state index in [0.29, 0.717) is 24.7 Å². The first-order valence-corrected chi connectivity index (χ1v) is 11.8. The normalized spacial score (nSPS) is 13.7. The number of anilines is 2. The van der Waals surface area contributed by atoms with Crippen molar-refractivity contribution in [2.75, 3.05) is 47.0 Å². The van der Waals surface area contributed by atoms with Crippen molar-refractivity contribution in [2.24, 2.45) is 5.73 Å². The van der Waals surface area contributed by atoms with Crippen molar-refractivity contribution in [3.05, 3.63) is 48.5 Å². The van der Waals surface area contributed by atoms with Crippen LogP contribution >= 0.6 is 24.6 Å². The Hall–Kier alpha value is -2.19. The lowest BCUT2D eigenvalue weighted by Crippen LogP contribution is -2.32. The molecule has 162 valence electrons. The maximum absolute atomic E-state index is 11.2. The Balaban J connectivity index is 1.29. The van der Waals surface area contributed by atoms with Gasteiger partial charge >= 0.3 is 6.03 Å². The number of nitrogens with zero attached hydrogens (tertiary/aromatic N) is 2. The minimum absolute atomic E-state index is 0.585. The summed E-state index contributed by atoms with van der Waals surface area (Å²) in [6.45, 7) is 3.54. The lowest BCUT2D eigenvalue weighted by atomic mass is 10.2. The second kappa shape index (κ2) is 11.9. The molecular formula is C22H29N3O3S2. The molecule has 1 fully saturated rings. The number of nitrogens with two attached hydrogens (primary N) is 1. The molecule has 1 saturated heterocycles. The number of primary amides is 1. The van der Waals surface area contributed by atoms with Gasteiger partial charge in [0.15, 0.2) is 0 Å².